The van der Waals surface area contributed by atoms with Crippen LogP contribution in [-0.4, -0.2) is 20.0 Å². The Morgan fingerprint density at radius 3 is 3.05 bits per heavy atom. The van der Waals surface area contributed by atoms with E-state index in [1.165, 1.54) is 23.5 Å². The summed E-state index contributed by atoms with van der Waals surface area (Å²) in [7, 11) is 1.73. The number of imidazole rings is 1. The molecule has 0 radical (unpaired) electrons. The van der Waals surface area contributed by atoms with Gasteiger partial charge in [0.15, 0.2) is 4.80 Å². The molecule has 0 aliphatic heterocycles. The van der Waals surface area contributed by atoms with Gasteiger partial charge in [0.05, 0.1) is 10.2 Å². The van der Waals surface area contributed by atoms with Gasteiger partial charge in [-0.25, -0.2) is 9.37 Å². The van der Waals surface area contributed by atoms with Crippen molar-refractivity contribution >= 4 is 27.5 Å². The number of nitrogens with zero attached hydrogens (tertiary/aromatic N) is 4. The Bertz CT molecular complexity index is 935. The average Bonchev–Trinajstić information content (AvgIpc) is 3.03. The van der Waals surface area contributed by atoms with Crippen molar-refractivity contribution < 1.29 is 9.18 Å². The molecule has 0 atom stereocenters. The third-order valence-corrected chi connectivity index (χ3v) is 4.21. The van der Waals surface area contributed by atoms with E-state index < -0.39 is 5.91 Å². The van der Waals surface area contributed by atoms with E-state index in [0.717, 1.165) is 10.2 Å². The van der Waals surface area contributed by atoms with Gasteiger partial charge < -0.3 is 9.13 Å². The average molecular weight is 316 g/mol. The lowest BCUT2D eigenvalue weighted by atomic mass is 10.3. The van der Waals surface area contributed by atoms with Crippen LogP contribution in [-0.2, 0) is 13.6 Å². The first-order valence-electron chi connectivity index (χ1n) is 6.56. The minimum Gasteiger partial charge on any atom is -0.330 e. The van der Waals surface area contributed by atoms with Gasteiger partial charge in [-0.05, 0) is 18.2 Å². The standard InChI is InChI=1S/C15H13FN4OS/c1-3-7-20-11-5-4-10(16)9-12(11)22-15(20)18-14(21)13-17-6-8-19(13)2/h3-6,8-9H,1,7H2,2H3. The lowest BCUT2D eigenvalue weighted by molar-refractivity contribution is 0.0985. The Labute approximate surface area is 129 Å². The van der Waals surface area contributed by atoms with E-state index in [1.807, 2.05) is 4.57 Å². The van der Waals surface area contributed by atoms with Crippen molar-refractivity contribution in [3.8, 4) is 0 Å². The second-order valence-corrected chi connectivity index (χ2v) is 5.68. The number of amides is 1. The highest BCUT2D eigenvalue weighted by Crippen LogP contribution is 2.18. The van der Waals surface area contributed by atoms with E-state index in [2.05, 4.69) is 16.6 Å². The maximum Gasteiger partial charge on any atom is 0.315 e. The number of halogens is 1. The summed E-state index contributed by atoms with van der Waals surface area (Å²) in [6, 6.07) is 4.50. The van der Waals surface area contributed by atoms with Crippen LogP contribution in [0.5, 0.6) is 0 Å². The second kappa shape index (κ2) is 5.69. The summed E-state index contributed by atoms with van der Waals surface area (Å²) in [5.41, 5.74) is 0.817. The van der Waals surface area contributed by atoms with Crippen molar-refractivity contribution in [2.45, 2.75) is 6.54 Å². The Morgan fingerprint density at radius 1 is 1.55 bits per heavy atom. The van der Waals surface area contributed by atoms with Crippen LogP contribution >= 0.6 is 11.3 Å². The number of hydrogen-bond acceptors (Lipinski definition) is 3. The number of hydrogen-bond donors (Lipinski definition) is 0. The number of rotatable bonds is 3. The zero-order chi connectivity index (χ0) is 15.7. The SMILES string of the molecule is C=CCn1c(=NC(=O)c2nccn2C)sc2cc(F)ccc21. The molecule has 112 valence electrons. The molecule has 0 aliphatic carbocycles. The molecule has 0 fully saturated rings. The quantitative estimate of drug-likeness (QED) is 0.697. The van der Waals surface area contributed by atoms with Gasteiger partial charge >= 0.3 is 5.91 Å². The molecular formula is C15H13FN4OS. The molecule has 7 heteroatoms. The van der Waals surface area contributed by atoms with E-state index in [4.69, 9.17) is 0 Å². The smallest absolute Gasteiger partial charge is 0.315 e. The van der Waals surface area contributed by atoms with Crippen molar-refractivity contribution in [1.82, 2.24) is 14.1 Å². The number of aromatic nitrogens is 3. The van der Waals surface area contributed by atoms with Crippen LogP contribution in [0.25, 0.3) is 10.2 Å². The topological polar surface area (TPSA) is 52.2 Å². The van der Waals surface area contributed by atoms with Crippen molar-refractivity contribution in [3.63, 3.8) is 0 Å². The highest BCUT2D eigenvalue weighted by atomic mass is 32.1. The molecule has 2 aromatic heterocycles. The van der Waals surface area contributed by atoms with Crippen LogP contribution in [0.15, 0.2) is 48.2 Å². The second-order valence-electron chi connectivity index (χ2n) is 4.67. The van der Waals surface area contributed by atoms with E-state index in [1.54, 1.807) is 36.2 Å². The van der Waals surface area contributed by atoms with Crippen molar-refractivity contribution in [1.29, 1.82) is 0 Å². The van der Waals surface area contributed by atoms with Gasteiger partial charge in [-0.15, -0.1) is 6.58 Å². The molecule has 2 heterocycles. The molecule has 3 rings (SSSR count). The molecule has 1 amide bonds. The third-order valence-electron chi connectivity index (χ3n) is 3.17. The van der Waals surface area contributed by atoms with Gasteiger partial charge in [-0.2, -0.15) is 4.99 Å². The first-order chi connectivity index (χ1) is 10.6. The first kappa shape index (κ1) is 14.4. The minimum atomic E-state index is -0.433. The molecule has 1 aromatic carbocycles. The van der Waals surface area contributed by atoms with Crippen LogP contribution in [0.2, 0.25) is 0 Å². The maximum atomic E-state index is 13.4. The maximum absolute atomic E-state index is 13.4. The fraction of sp³-hybridized carbons (Fsp3) is 0.133. The van der Waals surface area contributed by atoms with Crippen LogP contribution in [0.3, 0.4) is 0 Å². The summed E-state index contributed by atoms with van der Waals surface area (Å²) in [6.45, 7) is 4.20. The monoisotopic (exact) mass is 316 g/mol. The highest BCUT2D eigenvalue weighted by Gasteiger charge is 2.12. The van der Waals surface area contributed by atoms with Gasteiger partial charge in [-0.3, -0.25) is 4.79 Å². The summed E-state index contributed by atoms with van der Waals surface area (Å²) in [6.07, 6.45) is 4.93. The number of allylic oxidation sites excluding steroid dienone is 1. The van der Waals surface area contributed by atoms with E-state index in [9.17, 15) is 9.18 Å². The summed E-state index contributed by atoms with van der Waals surface area (Å²) in [5, 5.41) is 0. The van der Waals surface area contributed by atoms with Crippen LogP contribution in [0.1, 0.15) is 10.6 Å². The number of benzene rings is 1. The van der Waals surface area contributed by atoms with Gasteiger partial charge in [0.1, 0.15) is 5.82 Å². The molecule has 3 aromatic rings. The normalized spacial score (nSPS) is 12.0. The highest BCUT2D eigenvalue weighted by molar-refractivity contribution is 7.16. The zero-order valence-electron chi connectivity index (χ0n) is 11.9. The Balaban J connectivity index is 2.19. The van der Waals surface area contributed by atoms with Gasteiger partial charge in [0, 0.05) is 26.0 Å². The first-order valence-corrected chi connectivity index (χ1v) is 7.38. The molecule has 22 heavy (non-hydrogen) atoms. The fourth-order valence-corrected chi connectivity index (χ4v) is 3.21. The van der Waals surface area contributed by atoms with E-state index in [-0.39, 0.29) is 11.6 Å². The summed E-state index contributed by atoms with van der Waals surface area (Å²) in [5.74, 6) is -0.493. The van der Waals surface area contributed by atoms with E-state index >= 15 is 0 Å². The Kier molecular flexibility index (Phi) is 3.72. The summed E-state index contributed by atoms with van der Waals surface area (Å²) < 4.78 is 17.5. The van der Waals surface area contributed by atoms with Gasteiger partial charge in [-0.1, -0.05) is 17.4 Å². The number of carbonyl (C=O) groups excluding carboxylic acids is 1. The van der Waals surface area contributed by atoms with Crippen LogP contribution in [0, 0.1) is 5.82 Å². The Hall–Kier alpha value is -2.54. The molecule has 0 unspecified atom stereocenters. The number of aryl methyl sites for hydroxylation is 1. The van der Waals surface area contributed by atoms with Gasteiger partial charge in [0.2, 0.25) is 5.82 Å². The number of thiazole rings is 1. The number of carbonyl (C=O) groups is 1. The zero-order valence-corrected chi connectivity index (χ0v) is 12.7. The fourth-order valence-electron chi connectivity index (χ4n) is 2.15. The lowest BCUT2D eigenvalue weighted by Crippen LogP contribution is -2.17. The molecule has 0 aliphatic rings. The van der Waals surface area contributed by atoms with Crippen molar-refractivity contribution in [3.05, 3.63) is 59.7 Å². The van der Waals surface area contributed by atoms with Gasteiger partial charge in [0.25, 0.3) is 0 Å². The molecule has 5 nitrogen and oxygen atoms in total. The predicted molar refractivity (Wildman–Crippen MR) is 83.1 cm³/mol. The summed E-state index contributed by atoms with van der Waals surface area (Å²) in [4.78, 5) is 20.9. The molecule has 0 N–H and O–H groups in total. The van der Waals surface area contributed by atoms with Crippen LogP contribution in [0.4, 0.5) is 4.39 Å². The summed E-state index contributed by atoms with van der Waals surface area (Å²) >= 11 is 1.26. The molecule has 0 spiro atoms. The number of fused-ring (bicyclic) bond motifs is 1. The largest absolute Gasteiger partial charge is 0.330 e. The van der Waals surface area contributed by atoms with Crippen molar-refractivity contribution in [2.75, 3.05) is 0 Å². The van der Waals surface area contributed by atoms with E-state index in [0.29, 0.717) is 11.3 Å². The third kappa shape index (κ3) is 2.50. The lowest BCUT2D eigenvalue weighted by Gasteiger charge is -2.00. The molecule has 0 saturated carbocycles. The predicted octanol–water partition coefficient (Wildman–Crippen LogP) is 2.50. The van der Waals surface area contributed by atoms with Crippen molar-refractivity contribution in [2.24, 2.45) is 12.0 Å². The molecular weight excluding hydrogens is 303 g/mol. The van der Waals surface area contributed by atoms with Crippen LogP contribution < -0.4 is 4.80 Å². The molecule has 0 saturated heterocycles. The molecule has 0 bridgehead atoms. The Morgan fingerprint density at radius 2 is 2.36 bits per heavy atom. The minimum absolute atomic E-state index is 0.258.